The van der Waals surface area contributed by atoms with Crippen molar-refractivity contribution in [3.05, 3.63) is 22.7 Å². The number of carbonyl (C=O) groups is 1. The van der Waals surface area contributed by atoms with Gasteiger partial charge in [-0.1, -0.05) is 6.92 Å². The van der Waals surface area contributed by atoms with E-state index in [0.29, 0.717) is 18.9 Å². The fraction of sp³-hybridized carbons (Fsp3) is 0.643. The molecule has 1 aliphatic heterocycles. The summed E-state index contributed by atoms with van der Waals surface area (Å²) in [5.41, 5.74) is -0.422. The van der Waals surface area contributed by atoms with Crippen LogP contribution in [0.15, 0.2) is 17.2 Å². The Morgan fingerprint density at radius 1 is 1.45 bits per heavy atom. The van der Waals surface area contributed by atoms with Crippen LogP contribution >= 0.6 is 0 Å². The number of carboxylic acids is 1. The summed E-state index contributed by atoms with van der Waals surface area (Å²) in [6, 6.07) is 0. The molecule has 0 spiro atoms. The average Bonchev–Trinajstić information content (AvgIpc) is 2.27. The van der Waals surface area contributed by atoms with Gasteiger partial charge in [0.15, 0.2) is 5.82 Å². The molecule has 6 heteroatoms. The largest absolute Gasteiger partial charge is 0.481 e. The molecule has 1 atom stereocenters. The number of carboxylic acid groups (broad SMARTS) is 1. The third-order valence-corrected chi connectivity index (χ3v) is 3.85. The van der Waals surface area contributed by atoms with Gasteiger partial charge in [0.25, 0.3) is 5.56 Å². The number of hydrogen-bond acceptors (Lipinski definition) is 4. The third kappa shape index (κ3) is 2.55. The molecule has 0 amide bonds. The molecule has 1 aromatic heterocycles. The predicted octanol–water partition coefficient (Wildman–Crippen LogP) is 1.16. The molecule has 1 aromatic rings. The zero-order valence-corrected chi connectivity index (χ0v) is 12.3. The molecule has 0 saturated carbocycles. The maximum Gasteiger partial charge on any atom is 0.306 e. The van der Waals surface area contributed by atoms with Gasteiger partial charge in [-0.25, -0.2) is 4.98 Å². The van der Waals surface area contributed by atoms with E-state index in [1.165, 1.54) is 0 Å². The maximum atomic E-state index is 12.4. The van der Waals surface area contributed by atoms with Gasteiger partial charge in [-0.2, -0.15) is 0 Å². The van der Waals surface area contributed by atoms with Crippen molar-refractivity contribution in [1.82, 2.24) is 9.55 Å². The van der Waals surface area contributed by atoms with E-state index in [1.807, 2.05) is 25.7 Å². The Balaban J connectivity index is 2.18. The molecule has 1 saturated heterocycles. The molecule has 2 heterocycles. The second kappa shape index (κ2) is 4.92. The Labute approximate surface area is 118 Å². The highest BCUT2D eigenvalue weighted by Gasteiger charge is 2.36. The highest BCUT2D eigenvalue weighted by molar-refractivity contribution is 5.70. The minimum atomic E-state index is -0.789. The molecule has 6 nitrogen and oxygen atoms in total. The first kappa shape index (κ1) is 14.6. The lowest BCUT2D eigenvalue weighted by molar-refractivity contribution is -0.143. The summed E-state index contributed by atoms with van der Waals surface area (Å²) in [6.07, 6.45) is 3.30. The van der Waals surface area contributed by atoms with Crippen LogP contribution in [0.1, 0.15) is 27.7 Å². The second-order valence-electron chi connectivity index (χ2n) is 6.39. The van der Waals surface area contributed by atoms with Crippen LogP contribution in [0.5, 0.6) is 0 Å². The van der Waals surface area contributed by atoms with Crippen molar-refractivity contribution in [2.24, 2.45) is 11.8 Å². The first-order valence-corrected chi connectivity index (χ1v) is 6.77. The van der Waals surface area contributed by atoms with Crippen LogP contribution in [0, 0.1) is 11.8 Å². The van der Waals surface area contributed by atoms with Gasteiger partial charge in [0.2, 0.25) is 0 Å². The molecule has 2 rings (SSSR count). The summed E-state index contributed by atoms with van der Waals surface area (Å²) in [4.78, 5) is 29.3. The fourth-order valence-corrected chi connectivity index (χ4v) is 2.35. The summed E-state index contributed by atoms with van der Waals surface area (Å²) in [6.45, 7) is 8.74. The van der Waals surface area contributed by atoms with Crippen LogP contribution < -0.4 is 10.5 Å². The van der Waals surface area contributed by atoms with Crippen molar-refractivity contribution in [1.29, 1.82) is 0 Å². The van der Waals surface area contributed by atoms with E-state index < -0.39 is 5.97 Å². The van der Waals surface area contributed by atoms with Crippen molar-refractivity contribution >= 4 is 11.8 Å². The summed E-state index contributed by atoms with van der Waals surface area (Å²) < 4.78 is 1.66. The van der Waals surface area contributed by atoms with E-state index >= 15 is 0 Å². The van der Waals surface area contributed by atoms with Crippen molar-refractivity contribution in [3.8, 4) is 0 Å². The Hall–Kier alpha value is -1.85. The smallest absolute Gasteiger partial charge is 0.306 e. The fourth-order valence-electron chi connectivity index (χ4n) is 2.35. The van der Waals surface area contributed by atoms with E-state index in [4.69, 9.17) is 5.11 Å². The van der Waals surface area contributed by atoms with E-state index in [1.54, 1.807) is 23.9 Å². The van der Waals surface area contributed by atoms with Crippen LogP contribution in [-0.2, 0) is 10.3 Å². The molecule has 20 heavy (non-hydrogen) atoms. The third-order valence-electron chi connectivity index (χ3n) is 3.85. The molecular formula is C14H21N3O3. The highest BCUT2D eigenvalue weighted by Crippen LogP contribution is 2.26. The second-order valence-corrected chi connectivity index (χ2v) is 6.39. The zero-order valence-electron chi connectivity index (χ0n) is 12.3. The standard InChI is InChI=1S/C14H21N3O3/c1-9(13(19)20)10-7-16(8-10)11-12(18)17(6-5-15-11)14(2,3)4/h5-6,9-10H,7-8H2,1-4H3,(H,19,20). The predicted molar refractivity (Wildman–Crippen MR) is 76.0 cm³/mol. The van der Waals surface area contributed by atoms with Gasteiger partial charge < -0.3 is 14.6 Å². The summed E-state index contributed by atoms with van der Waals surface area (Å²) in [5, 5.41) is 8.98. The van der Waals surface area contributed by atoms with E-state index in [0.717, 1.165) is 0 Å². The topological polar surface area (TPSA) is 75.4 Å². The van der Waals surface area contributed by atoms with E-state index in [2.05, 4.69) is 4.98 Å². The molecule has 0 bridgehead atoms. The normalized spacial score (nSPS) is 17.7. The van der Waals surface area contributed by atoms with Crippen LogP contribution in [0.3, 0.4) is 0 Å². The Morgan fingerprint density at radius 2 is 2.05 bits per heavy atom. The van der Waals surface area contributed by atoms with Gasteiger partial charge >= 0.3 is 5.97 Å². The number of anilines is 1. The highest BCUT2D eigenvalue weighted by atomic mass is 16.4. The number of aliphatic carboxylic acids is 1. The summed E-state index contributed by atoms with van der Waals surface area (Å²) in [5.74, 6) is -0.684. The quantitative estimate of drug-likeness (QED) is 0.898. The van der Waals surface area contributed by atoms with Gasteiger partial charge in [0.05, 0.1) is 5.92 Å². The van der Waals surface area contributed by atoms with Crippen molar-refractivity contribution < 1.29 is 9.90 Å². The number of rotatable bonds is 3. The lowest BCUT2D eigenvalue weighted by atomic mass is 9.87. The summed E-state index contributed by atoms with van der Waals surface area (Å²) in [7, 11) is 0. The molecule has 0 aromatic carbocycles. The molecule has 1 unspecified atom stereocenters. The molecule has 1 aliphatic rings. The van der Waals surface area contributed by atoms with Gasteiger partial charge in [-0.05, 0) is 20.8 Å². The zero-order chi connectivity index (χ0) is 15.1. The van der Waals surface area contributed by atoms with Crippen LogP contribution in [0.25, 0.3) is 0 Å². The molecule has 110 valence electrons. The molecular weight excluding hydrogens is 258 g/mol. The van der Waals surface area contributed by atoms with Crippen LogP contribution in [-0.4, -0.2) is 33.7 Å². The first-order chi connectivity index (χ1) is 9.21. The van der Waals surface area contributed by atoms with E-state index in [-0.39, 0.29) is 22.9 Å². The molecule has 0 radical (unpaired) electrons. The molecule has 0 aliphatic carbocycles. The maximum absolute atomic E-state index is 12.4. The first-order valence-electron chi connectivity index (χ1n) is 6.77. The Bertz CT molecular complexity index is 568. The SMILES string of the molecule is CC(C(=O)O)C1CN(c2nccn(C(C)(C)C)c2=O)C1. The number of nitrogens with zero attached hydrogens (tertiary/aromatic N) is 3. The average molecular weight is 279 g/mol. The van der Waals surface area contributed by atoms with Gasteiger partial charge in [0.1, 0.15) is 0 Å². The minimum absolute atomic E-state index is 0.0805. The lowest BCUT2D eigenvalue weighted by Gasteiger charge is -2.41. The molecule has 1 N–H and O–H groups in total. The Kier molecular flexibility index (Phi) is 3.58. The number of aromatic nitrogens is 2. The monoisotopic (exact) mass is 279 g/mol. The summed E-state index contributed by atoms with van der Waals surface area (Å²) >= 11 is 0. The van der Waals surface area contributed by atoms with Crippen LogP contribution in [0.4, 0.5) is 5.82 Å². The molecule has 1 fully saturated rings. The van der Waals surface area contributed by atoms with Gasteiger partial charge in [-0.15, -0.1) is 0 Å². The van der Waals surface area contributed by atoms with E-state index in [9.17, 15) is 9.59 Å². The van der Waals surface area contributed by atoms with Crippen molar-refractivity contribution in [2.75, 3.05) is 18.0 Å². The van der Waals surface area contributed by atoms with Crippen molar-refractivity contribution in [3.63, 3.8) is 0 Å². The Morgan fingerprint density at radius 3 is 2.55 bits per heavy atom. The minimum Gasteiger partial charge on any atom is -0.481 e. The van der Waals surface area contributed by atoms with Crippen molar-refractivity contribution in [2.45, 2.75) is 33.2 Å². The van der Waals surface area contributed by atoms with Gasteiger partial charge in [-0.3, -0.25) is 9.59 Å². The van der Waals surface area contributed by atoms with Crippen LogP contribution in [0.2, 0.25) is 0 Å². The van der Waals surface area contributed by atoms with Gasteiger partial charge in [0, 0.05) is 36.9 Å². The lowest BCUT2D eigenvalue weighted by Crippen LogP contribution is -2.54. The number of hydrogen-bond donors (Lipinski definition) is 1.